The molecule has 0 atom stereocenters. The third-order valence-electron chi connectivity index (χ3n) is 3.01. The first-order chi connectivity index (χ1) is 9.77. The van der Waals surface area contributed by atoms with E-state index in [2.05, 4.69) is 61.0 Å². The Morgan fingerprint density at radius 1 is 0.800 bits per heavy atom. The Labute approximate surface area is 141 Å². The predicted octanol–water partition coefficient (Wildman–Crippen LogP) is 3.76. The molecule has 0 amide bonds. The topological polar surface area (TPSA) is 0 Å². The minimum atomic E-state index is -2.34. The van der Waals surface area contributed by atoms with Crippen LogP contribution in [0.2, 0.25) is 0 Å². The van der Waals surface area contributed by atoms with Gasteiger partial charge in [-0.15, -0.1) is 0 Å². The number of rotatable bonds is 6. The zero-order valence-electron chi connectivity index (χ0n) is 11.7. The first kappa shape index (κ1) is 16.7. The summed E-state index contributed by atoms with van der Waals surface area (Å²) in [7, 11) is 7.00. The maximum atomic E-state index is 7.00. The number of hydrogen-bond donors (Lipinski definition) is 0. The third kappa shape index (κ3) is 4.16. The van der Waals surface area contributed by atoms with Crippen molar-refractivity contribution >= 4 is 59.1 Å². The zero-order chi connectivity index (χ0) is 14.4. The van der Waals surface area contributed by atoms with E-state index in [9.17, 15) is 0 Å². The molecule has 0 heterocycles. The normalized spacial score (nSPS) is 11.0. The second-order valence-corrected chi connectivity index (χ2v) is 15.0. The van der Waals surface area contributed by atoms with Crippen molar-refractivity contribution < 1.29 is 0 Å². The average Bonchev–Trinajstić information content (AvgIpc) is 2.48. The molecule has 0 aliphatic carbocycles. The summed E-state index contributed by atoms with van der Waals surface area (Å²) in [5, 5.41) is 0. The Morgan fingerprint density at radius 2 is 1.20 bits per heavy atom. The van der Waals surface area contributed by atoms with Crippen LogP contribution in [0, 0.1) is 0 Å². The van der Waals surface area contributed by atoms with E-state index < -0.39 is 20.6 Å². The van der Waals surface area contributed by atoms with Gasteiger partial charge in [0, 0.05) is 0 Å². The van der Waals surface area contributed by atoms with E-state index in [-0.39, 0.29) is 0 Å². The van der Waals surface area contributed by atoms with Gasteiger partial charge in [0.1, 0.15) is 0 Å². The summed E-state index contributed by atoms with van der Waals surface area (Å²) in [5.74, 6) is 2.11. The molecule has 0 saturated heterocycles. The summed E-state index contributed by atoms with van der Waals surface area (Å²) >= 11 is 1.39. The fourth-order valence-electron chi connectivity index (χ4n) is 2.09. The molecule has 0 aliphatic heterocycles. The van der Waals surface area contributed by atoms with Crippen LogP contribution in [0.1, 0.15) is 11.1 Å². The molecule has 2 rings (SSSR count). The molecule has 0 aliphatic rings. The molecule has 2 aromatic carbocycles. The minimum absolute atomic E-state index is 1.05. The third-order valence-corrected chi connectivity index (χ3v) is 14.1. The van der Waals surface area contributed by atoms with Crippen LogP contribution in [0.15, 0.2) is 48.5 Å². The summed E-state index contributed by atoms with van der Waals surface area (Å²) in [4.78, 5) is 0. The molecule has 0 fully saturated rings. The standard InChI is InChI=1S/2C8H9S.Bi.ClH/c2*1-9-7-8-5-3-2-4-6-8;;/h2*2-5H,7H2,1H3;;1H/q;;+1;/p-1. The van der Waals surface area contributed by atoms with Crippen molar-refractivity contribution in [2.45, 2.75) is 11.5 Å². The van der Waals surface area contributed by atoms with Gasteiger partial charge in [-0.25, -0.2) is 0 Å². The average molecular weight is 519 g/mol. The molecule has 0 aromatic heterocycles. The number of benzene rings is 2. The van der Waals surface area contributed by atoms with E-state index in [1.54, 1.807) is 0 Å². The van der Waals surface area contributed by atoms with Crippen molar-refractivity contribution in [2.75, 3.05) is 12.5 Å². The van der Waals surface area contributed by atoms with Crippen LogP contribution in [0.5, 0.6) is 0 Å². The van der Waals surface area contributed by atoms with Crippen molar-refractivity contribution in [3.63, 3.8) is 0 Å². The van der Waals surface area contributed by atoms with E-state index in [0.29, 0.717) is 0 Å². The molecule has 20 heavy (non-hydrogen) atoms. The zero-order valence-corrected chi connectivity index (χ0v) is 17.5. The molecule has 0 N–H and O–H groups in total. The van der Waals surface area contributed by atoms with Crippen LogP contribution < -0.4 is 6.54 Å². The number of hydrogen-bond acceptors (Lipinski definition) is 2. The van der Waals surface area contributed by atoms with Crippen LogP contribution in [0.4, 0.5) is 0 Å². The second kappa shape index (κ2) is 8.68. The van der Waals surface area contributed by atoms with Crippen molar-refractivity contribution in [2.24, 2.45) is 0 Å². The summed E-state index contributed by atoms with van der Waals surface area (Å²) in [6.45, 7) is 0. The van der Waals surface area contributed by atoms with Crippen molar-refractivity contribution in [3.8, 4) is 0 Å². The molecule has 0 spiro atoms. The van der Waals surface area contributed by atoms with Crippen LogP contribution in [-0.2, 0) is 11.5 Å². The van der Waals surface area contributed by atoms with Crippen LogP contribution in [0.3, 0.4) is 0 Å². The molecular weight excluding hydrogens is 501 g/mol. The van der Waals surface area contributed by atoms with Crippen molar-refractivity contribution in [1.82, 2.24) is 0 Å². The van der Waals surface area contributed by atoms with Crippen LogP contribution in [-0.4, -0.2) is 33.1 Å². The molecule has 0 unspecified atom stereocenters. The predicted molar refractivity (Wildman–Crippen MR) is 98.2 cm³/mol. The Morgan fingerprint density at radius 3 is 1.60 bits per heavy atom. The van der Waals surface area contributed by atoms with Gasteiger partial charge in [0.2, 0.25) is 0 Å². The van der Waals surface area contributed by atoms with Gasteiger partial charge in [-0.05, 0) is 0 Å². The first-order valence-electron chi connectivity index (χ1n) is 6.37. The second-order valence-electron chi connectivity index (χ2n) is 4.40. The molecule has 0 saturated carbocycles. The van der Waals surface area contributed by atoms with E-state index in [4.69, 9.17) is 8.51 Å². The van der Waals surface area contributed by atoms with Crippen molar-refractivity contribution in [1.29, 1.82) is 0 Å². The summed E-state index contributed by atoms with van der Waals surface area (Å²) < 4.78 is 2.87. The van der Waals surface area contributed by atoms with Gasteiger partial charge in [0.15, 0.2) is 0 Å². The van der Waals surface area contributed by atoms with Gasteiger partial charge >= 0.3 is 143 Å². The Hall–Kier alpha value is 0.313. The summed E-state index contributed by atoms with van der Waals surface area (Å²) in [6.07, 6.45) is 4.30. The van der Waals surface area contributed by atoms with Gasteiger partial charge < -0.3 is 0 Å². The Balaban J connectivity index is 2.38. The SMILES string of the molecule is CSCc1cccc[c]1[Bi]([Cl])[c]1ccccc1CSC. The van der Waals surface area contributed by atoms with Crippen molar-refractivity contribution in [3.05, 3.63) is 59.7 Å². The maximum absolute atomic E-state index is 7.00. The molecule has 0 bridgehead atoms. The molecule has 2 aromatic rings. The van der Waals surface area contributed by atoms with Gasteiger partial charge in [-0.2, -0.15) is 0 Å². The van der Waals surface area contributed by atoms with E-state index >= 15 is 0 Å². The first-order valence-corrected chi connectivity index (χ1v) is 16.9. The van der Waals surface area contributed by atoms with E-state index in [1.807, 2.05) is 23.5 Å². The van der Waals surface area contributed by atoms with Gasteiger partial charge in [0.25, 0.3) is 0 Å². The van der Waals surface area contributed by atoms with Crippen LogP contribution >= 0.6 is 32.0 Å². The number of thioether (sulfide) groups is 2. The Kier molecular flexibility index (Phi) is 7.24. The summed E-state index contributed by atoms with van der Waals surface area (Å²) in [6, 6.07) is 17.4. The van der Waals surface area contributed by atoms with Gasteiger partial charge in [0.05, 0.1) is 0 Å². The molecule has 0 nitrogen and oxygen atoms in total. The van der Waals surface area contributed by atoms with Gasteiger partial charge in [-0.1, -0.05) is 0 Å². The van der Waals surface area contributed by atoms with Crippen LogP contribution in [0.25, 0.3) is 0 Å². The molecule has 106 valence electrons. The van der Waals surface area contributed by atoms with E-state index in [1.165, 1.54) is 17.7 Å². The molecule has 0 radical (unpaired) electrons. The van der Waals surface area contributed by atoms with Gasteiger partial charge in [-0.3, -0.25) is 0 Å². The van der Waals surface area contributed by atoms with E-state index in [0.717, 1.165) is 11.5 Å². The monoisotopic (exact) mass is 518 g/mol. The summed E-state index contributed by atoms with van der Waals surface area (Å²) in [5.41, 5.74) is 2.85. The molecular formula is C16H18BiClS2. The fraction of sp³-hybridized carbons (Fsp3) is 0.250. The fourth-order valence-corrected chi connectivity index (χ4v) is 12.8. The quantitative estimate of drug-likeness (QED) is 0.534. The molecule has 4 heteroatoms. The number of halogens is 1. The Bertz CT molecular complexity index is 510.